The first-order chi connectivity index (χ1) is 20.3. The molecule has 0 bridgehead atoms. The summed E-state index contributed by atoms with van der Waals surface area (Å²) in [5.41, 5.74) is 12.9. The first-order valence-corrected chi connectivity index (χ1v) is 13.2. The monoisotopic (exact) mass is 611 g/mol. The van der Waals surface area contributed by atoms with Crippen molar-refractivity contribution in [3.63, 3.8) is 0 Å². The van der Waals surface area contributed by atoms with Crippen molar-refractivity contribution >= 4 is 17.5 Å². The van der Waals surface area contributed by atoms with E-state index in [1.807, 2.05) is 24.3 Å². The van der Waals surface area contributed by atoms with Gasteiger partial charge in [0, 0.05) is 47.0 Å². The highest BCUT2D eigenvalue weighted by Crippen LogP contribution is 2.31. The summed E-state index contributed by atoms with van der Waals surface area (Å²) in [5.74, 6) is -0.263. The molecule has 0 aliphatic rings. The Labute approximate surface area is 260 Å². The maximum atomic E-state index is 13.4. The van der Waals surface area contributed by atoms with Gasteiger partial charge in [-0.3, -0.25) is 9.97 Å². The molecule has 44 heavy (non-hydrogen) atoms. The van der Waals surface area contributed by atoms with Crippen LogP contribution in [0, 0.1) is 25.5 Å². The summed E-state index contributed by atoms with van der Waals surface area (Å²) in [6, 6.07) is 20.8. The van der Waals surface area contributed by atoms with Gasteiger partial charge in [0.15, 0.2) is 0 Å². The van der Waals surface area contributed by atoms with Gasteiger partial charge in [-0.2, -0.15) is 0 Å². The number of nitrogens with zero attached hydrogens (tertiary/aromatic N) is 6. The van der Waals surface area contributed by atoms with E-state index in [0.717, 1.165) is 33.6 Å². The maximum Gasteiger partial charge on any atom is 0.222 e. The highest BCUT2D eigenvalue weighted by atomic mass is 35.5. The number of halogens is 3. The van der Waals surface area contributed by atoms with E-state index >= 15 is 0 Å². The Hall–Kier alpha value is -5.15. The molecular weight excluding hydrogens is 580 g/mol. The van der Waals surface area contributed by atoms with Crippen molar-refractivity contribution in [3.8, 4) is 45.0 Å². The zero-order valence-electron chi connectivity index (χ0n) is 22.6. The highest BCUT2D eigenvalue weighted by molar-refractivity contribution is 6.28. The summed E-state index contributed by atoms with van der Waals surface area (Å²) in [5, 5.41) is 0.178. The normalized spacial score (nSPS) is 10.1. The standard InChI is InChI=1S/C16H11ClFN3.C16H13FN4.2CH4/c1-10-9-11(4-5-13(10)18)15-12(3-2-7-19-15)14-6-8-20-16(17)21-14;1-10-9-11(4-5-13(10)17)15-12(3-2-7-19-15)14-6-8-20-16(18)21-14;;/h2-9H,1H3;2-9H,1H3,(H2,18,20,21);2*1H4. The highest BCUT2D eigenvalue weighted by Gasteiger charge is 2.13. The molecule has 0 spiro atoms. The van der Waals surface area contributed by atoms with Gasteiger partial charge >= 0.3 is 0 Å². The van der Waals surface area contributed by atoms with Gasteiger partial charge in [-0.05, 0) is 109 Å². The molecule has 0 saturated carbocycles. The first kappa shape index (κ1) is 33.4. The lowest BCUT2D eigenvalue weighted by molar-refractivity contribution is 0.618. The van der Waals surface area contributed by atoms with E-state index in [1.165, 1.54) is 12.1 Å². The van der Waals surface area contributed by atoms with Crippen LogP contribution in [0.15, 0.2) is 97.6 Å². The Kier molecular flexibility index (Phi) is 11.2. The maximum absolute atomic E-state index is 13.4. The summed E-state index contributed by atoms with van der Waals surface area (Å²) in [7, 11) is 0. The molecule has 0 radical (unpaired) electrons. The van der Waals surface area contributed by atoms with E-state index in [2.05, 4.69) is 29.9 Å². The Morgan fingerprint density at radius 2 is 1.07 bits per heavy atom. The molecule has 7 nitrogen and oxygen atoms in total. The third-order valence-corrected chi connectivity index (χ3v) is 6.51. The fourth-order valence-electron chi connectivity index (χ4n) is 4.28. The lowest BCUT2D eigenvalue weighted by atomic mass is 10.0. The number of benzene rings is 2. The minimum Gasteiger partial charge on any atom is -0.368 e. The second-order valence-corrected chi connectivity index (χ2v) is 9.58. The van der Waals surface area contributed by atoms with Gasteiger partial charge in [0.25, 0.3) is 0 Å². The minimum atomic E-state index is -0.235. The third-order valence-electron chi connectivity index (χ3n) is 6.33. The largest absolute Gasteiger partial charge is 0.368 e. The predicted octanol–water partition coefficient (Wildman–Crippen LogP) is 8.81. The van der Waals surface area contributed by atoms with Crippen molar-refractivity contribution in [1.82, 2.24) is 29.9 Å². The lowest BCUT2D eigenvalue weighted by Crippen LogP contribution is -1.97. The van der Waals surface area contributed by atoms with Crippen LogP contribution in [-0.2, 0) is 0 Å². The van der Waals surface area contributed by atoms with Crippen LogP contribution in [0.25, 0.3) is 45.0 Å². The fraction of sp³-hybridized carbons (Fsp3) is 0.118. The average Bonchev–Trinajstić information content (AvgIpc) is 3.00. The second-order valence-electron chi connectivity index (χ2n) is 9.24. The zero-order chi connectivity index (χ0) is 29.6. The van der Waals surface area contributed by atoms with Crippen molar-refractivity contribution in [2.24, 2.45) is 0 Å². The average molecular weight is 612 g/mol. The number of hydrogen-bond donors (Lipinski definition) is 1. The molecule has 0 fully saturated rings. The quantitative estimate of drug-likeness (QED) is 0.199. The molecule has 10 heteroatoms. The van der Waals surface area contributed by atoms with Crippen molar-refractivity contribution in [2.75, 3.05) is 5.73 Å². The van der Waals surface area contributed by atoms with Crippen LogP contribution < -0.4 is 5.73 Å². The SMILES string of the molecule is C.C.Cc1cc(-c2ncccc2-c2ccnc(Cl)n2)ccc1F.Cc1cc(-c2ncccc2-c2ccnc(N)n2)ccc1F. The molecule has 6 rings (SSSR count). The Bertz CT molecular complexity index is 1750. The van der Waals surface area contributed by atoms with Gasteiger partial charge in [0.05, 0.1) is 22.8 Å². The zero-order valence-corrected chi connectivity index (χ0v) is 23.4. The number of aryl methyl sites for hydroxylation is 2. The number of pyridine rings is 2. The van der Waals surface area contributed by atoms with E-state index < -0.39 is 0 Å². The number of hydrogen-bond acceptors (Lipinski definition) is 7. The van der Waals surface area contributed by atoms with Gasteiger partial charge in [-0.25, -0.2) is 28.7 Å². The second kappa shape index (κ2) is 14.8. The van der Waals surface area contributed by atoms with Crippen LogP contribution in [0.4, 0.5) is 14.7 Å². The molecule has 6 aromatic rings. The Balaban J connectivity index is 0.000000230. The Morgan fingerprint density at radius 1 is 0.591 bits per heavy atom. The Morgan fingerprint density at radius 3 is 1.52 bits per heavy atom. The molecule has 0 unspecified atom stereocenters. The summed E-state index contributed by atoms with van der Waals surface area (Å²) < 4.78 is 26.9. The number of nitrogen functional groups attached to an aromatic ring is 1. The van der Waals surface area contributed by atoms with Crippen molar-refractivity contribution in [3.05, 3.63) is 126 Å². The summed E-state index contributed by atoms with van der Waals surface area (Å²) in [6.45, 7) is 3.45. The molecule has 224 valence electrons. The summed E-state index contributed by atoms with van der Waals surface area (Å²) >= 11 is 5.85. The predicted molar refractivity (Wildman–Crippen MR) is 174 cm³/mol. The van der Waals surface area contributed by atoms with Crippen molar-refractivity contribution in [1.29, 1.82) is 0 Å². The van der Waals surface area contributed by atoms with E-state index in [0.29, 0.717) is 22.5 Å². The molecule has 2 N–H and O–H groups in total. The minimum absolute atomic E-state index is 0. The molecule has 0 saturated heterocycles. The summed E-state index contributed by atoms with van der Waals surface area (Å²) in [4.78, 5) is 25.0. The topological polar surface area (TPSA) is 103 Å². The van der Waals surface area contributed by atoms with Gasteiger partial charge < -0.3 is 5.73 Å². The molecule has 0 aliphatic heterocycles. The number of aromatic nitrogens is 6. The van der Waals surface area contributed by atoms with Gasteiger partial charge in [-0.15, -0.1) is 0 Å². The van der Waals surface area contributed by atoms with Gasteiger partial charge in [0.1, 0.15) is 11.6 Å². The molecule has 4 aromatic heterocycles. The van der Waals surface area contributed by atoms with Crippen LogP contribution in [0.1, 0.15) is 26.0 Å². The van der Waals surface area contributed by atoms with Crippen LogP contribution in [0.2, 0.25) is 5.28 Å². The number of rotatable bonds is 4. The van der Waals surface area contributed by atoms with Crippen LogP contribution in [-0.4, -0.2) is 29.9 Å². The van der Waals surface area contributed by atoms with Crippen LogP contribution in [0.5, 0.6) is 0 Å². The number of anilines is 1. The molecular formula is C34H32ClF2N7. The van der Waals surface area contributed by atoms with E-state index in [9.17, 15) is 8.78 Å². The van der Waals surface area contributed by atoms with E-state index in [4.69, 9.17) is 17.3 Å². The molecule has 0 amide bonds. The molecule has 2 aromatic carbocycles. The smallest absolute Gasteiger partial charge is 0.222 e. The lowest BCUT2D eigenvalue weighted by Gasteiger charge is -2.09. The van der Waals surface area contributed by atoms with Crippen molar-refractivity contribution < 1.29 is 8.78 Å². The van der Waals surface area contributed by atoms with Crippen LogP contribution in [0.3, 0.4) is 0 Å². The fourth-order valence-corrected chi connectivity index (χ4v) is 4.42. The van der Waals surface area contributed by atoms with Crippen LogP contribution >= 0.6 is 11.6 Å². The van der Waals surface area contributed by atoms with Crippen molar-refractivity contribution in [2.45, 2.75) is 28.7 Å². The first-order valence-electron chi connectivity index (χ1n) is 12.8. The van der Waals surface area contributed by atoms with E-state index in [1.54, 1.807) is 75.0 Å². The molecule has 0 atom stereocenters. The van der Waals surface area contributed by atoms with Gasteiger partial charge in [-0.1, -0.05) is 14.9 Å². The molecule has 4 heterocycles. The van der Waals surface area contributed by atoms with Gasteiger partial charge in [0.2, 0.25) is 11.2 Å². The summed E-state index contributed by atoms with van der Waals surface area (Å²) in [6.07, 6.45) is 6.59. The molecule has 0 aliphatic carbocycles. The third kappa shape index (κ3) is 7.62. The van der Waals surface area contributed by atoms with E-state index in [-0.39, 0.29) is 37.7 Å². The number of nitrogens with two attached hydrogens (primary N) is 1.